The highest BCUT2D eigenvalue weighted by Crippen LogP contribution is 2.24. The van der Waals surface area contributed by atoms with Gasteiger partial charge in [-0.1, -0.05) is 25.1 Å². The third kappa shape index (κ3) is 2.19. The van der Waals surface area contributed by atoms with Crippen molar-refractivity contribution in [2.45, 2.75) is 13.3 Å². The van der Waals surface area contributed by atoms with Crippen LogP contribution in [0.4, 0.5) is 0 Å². The molecule has 3 nitrogen and oxygen atoms in total. The Labute approximate surface area is 112 Å². The summed E-state index contributed by atoms with van der Waals surface area (Å²) in [6, 6.07) is 14.3. The van der Waals surface area contributed by atoms with Crippen molar-refractivity contribution in [1.29, 1.82) is 0 Å². The molecule has 1 N–H and O–H groups in total. The van der Waals surface area contributed by atoms with Crippen LogP contribution in [0, 0.1) is 0 Å². The zero-order valence-corrected chi connectivity index (χ0v) is 11.1. The summed E-state index contributed by atoms with van der Waals surface area (Å²) in [4.78, 5) is 7.99. The molecule has 3 heteroatoms. The van der Waals surface area contributed by atoms with Gasteiger partial charge in [0.2, 0.25) is 0 Å². The Morgan fingerprint density at radius 2 is 2.05 bits per heavy atom. The van der Waals surface area contributed by atoms with Gasteiger partial charge in [0.05, 0.1) is 18.1 Å². The van der Waals surface area contributed by atoms with E-state index >= 15 is 0 Å². The average molecular weight is 252 g/mol. The minimum absolute atomic E-state index is 0.840. The molecule has 0 radical (unpaired) electrons. The maximum absolute atomic E-state index is 5.25. The molecule has 3 aromatic rings. The summed E-state index contributed by atoms with van der Waals surface area (Å²) in [7, 11) is 1.67. The van der Waals surface area contributed by atoms with Crippen molar-refractivity contribution in [3.05, 3.63) is 48.0 Å². The van der Waals surface area contributed by atoms with E-state index in [0.717, 1.165) is 34.6 Å². The minimum Gasteiger partial charge on any atom is -0.497 e. The van der Waals surface area contributed by atoms with Gasteiger partial charge in [-0.05, 0) is 36.2 Å². The number of benzene rings is 2. The molecule has 96 valence electrons. The summed E-state index contributed by atoms with van der Waals surface area (Å²) in [5.74, 6) is 1.72. The third-order valence-corrected chi connectivity index (χ3v) is 3.30. The Morgan fingerprint density at radius 3 is 2.84 bits per heavy atom. The van der Waals surface area contributed by atoms with Crippen molar-refractivity contribution in [2.75, 3.05) is 7.11 Å². The Kier molecular flexibility index (Phi) is 2.95. The van der Waals surface area contributed by atoms with Crippen molar-refractivity contribution in [3.63, 3.8) is 0 Å². The smallest absolute Gasteiger partial charge is 0.138 e. The molecular formula is C16H16N2O. The zero-order chi connectivity index (χ0) is 13.2. The largest absolute Gasteiger partial charge is 0.497 e. The quantitative estimate of drug-likeness (QED) is 0.770. The van der Waals surface area contributed by atoms with Crippen LogP contribution in [0.5, 0.6) is 5.75 Å². The number of aromatic nitrogens is 2. The van der Waals surface area contributed by atoms with Crippen LogP contribution in [-0.4, -0.2) is 17.1 Å². The molecule has 0 aliphatic carbocycles. The van der Waals surface area contributed by atoms with Gasteiger partial charge >= 0.3 is 0 Å². The highest BCUT2D eigenvalue weighted by atomic mass is 16.5. The van der Waals surface area contributed by atoms with E-state index in [9.17, 15) is 0 Å². The Morgan fingerprint density at radius 1 is 1.16 bits per heavy atom. The third-order valence-electron chi connectivity index (χ3n) is 3.30. The van der Waals surface area contributed by atoms with Crippen LogP contribution in [0.25, 0.3) is 22.4 Å². The minimum atomic E-state index is 0.840. The molecular weight excluding hydrogens is 236 g/mol. The van der Waals surface area contributed by atoms with Crippen LogP contribution in [0.1, 0.15) is 12.5 Å². The van der Waals surface area contributed by atoms with Gasteiger partial charge < -0.3 is 9.72 Å². The molecule has 0 atom stereocenters. The highest BCUT2D eigenvalue weighted by Gasteiger charge is 2.06. The first kappa shape index (κ1) is 11.8. The van der Waals surface area contributed by atoms with E-state index in [-0.39, 0.29) is 0 Å². The second kappa shape index (κ2) is 4.76. The lowest BCUT2D eigenvalue weighted by Crippen LogP contribution is -1.84. The lowest BCUT2D eigenvalue weighted by Gasteiger charge is -2.01. The van der Waals surface area contributed by atoms with Gasteiger partial charge in [0.1, 0.15) is 11.6 Å². The lowest BCUT2D eigenvalue weighted by molar-refractivity contribution is 0.415. The zero-order valence-electron chi connectivity index (χ0n) is 11.1. The molecule has 0 aliphatic heterocycles. The molecule has 0 amide bonds. The van der Waals surface area contributed by atoms with Gasteiger partial charge in [-0.2, -0.15) is 0 Å². The predicted octanol–water partition coefficient (Wildman–Crippen LogP) is 3.80. The number of aromatic amines is 1. The molecule has 1 aromatic heterocycles. The number of nitrogens with one attached hydrogen (secondary N) is 1. The topological polar surface area (TPSA) is 37.9 Å². The number of H-pyrrole nitrogens is 1. The number of rotatable bonds is 3. The molecule has 0 saturated carbocycles. The molecule has 2 aromatic carbocycles. The van der Waals surface area contributed by atoms with Crippen molar-refractivity contribution >= 4 is 11.0 Å². The SMILES string of the molecule is CCc1ccc2nc(-c3cccc(OC)c3)[nH]c2c1. The van der Waals surface area contributed by atoms with Crippen LogP contribution in [0.15, 0.2) is 42.5 Å². The fraction of sp³-hybridized carbons (Fsp3) is 0.188. The number of aryl methyl sites for hydroxylation is 1. The fourth-order valence-electron chi connectivity index (χ4n) is 2.18. The number of imidazole rings is 1. The van der Waals surface area contributed by atoms with Crippen LogP contribution in [0.3, 0.4) is 0 Å². The van der Waals surface area contributed by atoms with E-state index in [2.05, 4.69) is 35.1 Å². The van der Waals surface area contributed by atoms with Gasteiger partial charge in [0.25, 0.3) is 0 Å². The van der Waals surface area contributed by atoms with Crippen LogP contribution in [0.2, 0.25) is 0 Å². The number of hydrogen-bond acceptors (Lipinski definition) is 2. The second-order valence-corrected chi connectivity index (χ2v) is 4.52. The Bertz CT molecular complexity index is 716. The summed E-state index contributed by atoms with van der Waals surface area (Å²) in [5.41, 5.74) is 4.43. The van der Waals surface area contributed by atoms with Crippen LogP contribution in [-0.2, 0) is 6.42 Å². The van der Waals surface area contributed by atoms with Crippen molar-refractivity contribution in [2.24, 2.45) is 0 Å². The van der Waals surface area contributed by atoms with Crippen molar-refractivity contribution < 1.29 is 4.74 Å². The highest BCUT2D eigenvalue weighted by molar-refractivity contribution is 5.80. The first-order valence-corrected chi connectivity index (χ1v) is 6.43. The molecule has 0 saturated heterocycles. The monoisotopic (exact) mass is 252 g/mol. The lowest BCUT2D eigenvalue weighted by atomic mass is 10.1. The van der Waals surface area contributed by atoms with Crippen molar-refractivity contribution in [3.8, 4) is 17.1 Å². The van der Waals surface area contributed by atoms with E-state index < -0.39 is 0 Å². The van der Waals surface area contributed by atoms with E-state index in [1.54, 1.807) is 7.11 Å². The van der Waals surface area contributed by atoms with Crippen LogP contribution < -0.4 is 4.74 Å². The summed E-state index contributed by atoms with van der Waals surface area (Å²) in [6.07, 6.45) is 1.03. The average Bonchev–Trinajstić information content (AvgIpc) is 2.90. The van der Waals surface area contributed by atoms with E-state index in [1.807, 2.05) is 24.3 Å². The molecule has 0 aliphatic rings. The summed E-state index contributed by atoms with van der Waals surface area (Å²) in [6.45, 7) is 2.15. The van der Waals surface area contributed by atoms with Crippen LogP contribution >= 0.6 is 0 Å². The molecule has 0 unspecified atom stereocenters. The normalized spacial score (nSPS) is 10.8. The summed E-state index contributed by atoms with van der Waals surface area (Å²) >= 11 is 0. The number of methoxy groups -OCH3 is 1. The molecule has 0 bridgehead atoms. The standard InChI is InChI=1S/C16H16N2O/c1-3-11-7-8-14-15(9-11)18-16(17-14)12-5-4-6-13(10-12)19-2/h4-10H,3H2,1-2H3,(H,17,18). The fourth-order valence-corrected chi connectivity index (χ4v) is 2.18. The molecule has 3 rings (SSSR count). The molecule has 0 spiro atoms. The first-order chi connectivity index (χ1) is 9.30. The van der Waals surface area contributed by atoms with E-state index in [0.29, 0.717) is 0 Å². The Balaban J connectivity index is 2.09. The van der Waals surface area contributed by atoms with E-state index in [4.69, 9.17) is 4.74 Å². The summed E-state index contributed by atoms with van der Waals surface area (Å²) < 4.78 is 5.25. The molecule has 0 fully saturated rings. The van der Waals surface area contributed by atoms with E-state index in [1.165, 1.54) is 5.56 Å². The number of ether oxygens (including phenoxy) is 1. The number of nitrogens with zero attached hydrogens (tertiary/aromatic N) is 1. The maximum Gasteiger partial charge on any atom is 0.138 e. The summed E-state index contributed by atoms with van der Waals surface area (Å²) in [5, 5.41) is 0. The number of fused-ring (bicyclic) bond motifs is 1. The van der Waals surface area contributed by atoms with Crippen molar-refractivity contribution in [1.82, 2.24) is 9.97 Å². The van der Waals surface area contributed by atoms with Gasteiger partial charge in [-0.25, -0.2) is 4.98 Å². The maximum atomic E-state index is 5.25. The van der Waals surface area contributed by atoms with Gasteiger partial charge in [-0.15, -0.1) is 0 Å². The second-order valence-electron chi connectivity index (χ2n) is 4.52. The first-order valence-electron chi connectivity index (χ1n) is 6.43. The predicted molar refractivity (Wildman–Crippen MR) is 77.5 cm³/mol. The molecule has 19 heavy (non-hydrogen) atoms. The van der Waals surface area contributed by atoms with Gasteiger partial charge in [0, 0.05) is 5.56 Å². The molecule has 1 heterocycles. The van der Waals surface area contributed by atoms with Gasteiger partial charge in [0.15, 0.2) is 0 Å². The number of hydrogen-bond donors (Lipinski definition) is 1. The Hall–Kier alpha value is -2.29. The van der Waals surface area contributed by atoms with Gasteiger partial charge in [-0.3, -0.25) is 0 Å².